The summed E-state index contributed by atoms with van der Waals surface area (Å²) in [6.07, 6.45) is 3.46. The van der Waals surface area contributed by atoms with Crippen molar-refractivity contribution < 1.29 is 14.3 Å². The second-order valence-electron chi connectivity index (χ2n) is 6.17. The van der Waals surface area contributed by atoms with E-state index in [1.807, 2.05) is 36.4 Å². The number of amides is 1. The zero-order valence-electron chi connectivity index (χ0n) is 16.4. The lowest BCUT2D eigenvalue weighted by Crippen LogP contribution is -2.29. The average molecular weight is 393 g/mol. The lowest BCUT2D eigenvalue weighted by Gasteiger charge is -2.10. The summed E-state index contributed by atoms with van der Waals surface area (Å²) in [6.45, 7) is 3.03. The molecular formula is C21H23N5O3. The number of pyridine rings is 1. The molecule has 2 heterocycles. The van der Waals surface area contributed by atoms with Gasteiger partial charge in [-0.15, -0.1) is 0 Å². The molecule has 1 amide bonds. The number of anilines is 1. The van der Waals surface area contributed by atoms with Crippen LogP contribution in [0.3, 0.4) is 0 Å². The van der Waals surface area contributed by atoms with Gasteiger partial charge in [0.15, 0.2) is 0 Å². The molecule has 8 heteroatoms. The summed E-state index contributed by atoms with van der Waals surface area (Å²) < 4.78 is 10.7. The Morgan fingerprint density at radius 1 is 1.03 bits per heavy atom. The zero-order valence-corrected chi connectivity index (χ0v) is 16.4. The monoisotopic (exact) mass is 393 g/mol. The van der Waals surface area contributed by atoms with Gasteiger partial charge in [-0.05, 0) is 48.9 Å². The lowest BCUT2D eigenvalue weighted by atomic mass is 10.2. The summed E-state index contributed by atoms with van der Waals surface area (Å²) in [5.41, 5.74) is 1.37. The van der Waals surface area contributed by atoms with Crippen molar-refractivity contribution in [3.63, 3.8) is 0 Å². The van der Waals surface area contributed by atoms with Crippen molar-refractivity contribution in [2.24, 2.45) is 0 Å². The highest BCUT2D eigenvalue weighted by Gasteiger charge is 2.10. The Hall–Kier alpha value is -3.68. The van der Waals surface area contributed by atoms with Crippen LogP contribution in [-0.4, -0.2) is 41.1 Å². The molecule has 0 radical (unpaired) electrons. The van der Waals surface area contributed by atoms with Crippen LogP contribution in [0.4, 0.5) is 5.82 Å². The van der Waals surface area contributed by atoms with E-state index >= 15 is 0 Å². The van der Waals surface area contributed by atoms with Gasteiger partial charge < -0.3 is 20.1 Å². The number of aryl methyl sites for hydroxylation is 1. The number of hydrogen-bond acceptors (Lipinski definition) is 7. The summed E-state index contributed by atoms with van der Waals surface area (Å²) >= 11 is 0. The van der Waals surface area contributed by atoms with Crippen molar-refractivity contribution >= 4 is 11.7 Å². The number of nitrogens with zero attached hydrogens (tertiary/aromatic N) is 3. The lowest BCUT2D eigenvalue weighted by molar-refractivity contribution is 0.0941. The van der Waals surface area contributed by atoms with Gasteiger partial charge in [0.25, 0.3) is 5.91 Å². The van der Waals surface area contributed by atoms with E-state index in [9.17, 15) is 4.79 Å². The minimum atomic E-state index is -0.277. The zero-order chi connectivity index (χ0) is 20.5. The van der Waals surface area contributed by atoms with E-state index in [4.69, 9.17) is 9.47 Å². The van der Waals surface area contributed by atoms with Crippen LogP contribution < -0.4 is 20.1 Å². The molecule has 0 aliphatic rings. The fourth-order valence-electron chi connectivity index (χ4n) is 2.56. The molecule has 0 unspecified atom stereocenters. The van der Waals surface area contributed by atoms with Gasteiger partial charge in [0, 0.05) is 25.0 Å². The second kappa shape index (κ2) is 10.0. The maximum atomic E-state index is 12.4. The second-order valence-corrected chi connectivity index (χ2v) is 6.17. The Labute approximate surface area is 169 Å². The number of benzene rings is 1. The minimum Gasteiger partial charge on any atom is -0.497 e. The van der Waals surface area contributed by atoms with Gasteiger partial charge in [0.2, 0.25) is 0 Å². The van der Waals surface area contributed by atoms with Crippen molar-refractivity contribution in [1.82, 2.24) is 20.3 Å². The number of nitrogens with one attached hydrogen (secondary N) is 2. The van der Waals surface area contributed by atoms with Crippen molar-refractivity contribution in [2.45, 2.75) is 13.5 Å². The Bertz CT molecular complexity index is 933. The Morgan fingerprint density at radius 3 is 2.48 bits per heavy atom. The predicted molar refractivity (Wildman–Crippen MR) is 109 cm³/mol. The van der Waals surface area contributed by atoms with Gasteiger partial charge in [-0.2, -0.15) is 0 Å². The molecule has 8 nitrogen and oxygen atoms in total. The number of methoxy groups -OCH3 is 1. The summed E-state index contributed by atoms with van der Waals surface area (Å²) in [5.74, 6) is 2.30. The molecule has 0 bridgehead atoms. The predicted octanol–water partition coefficient (Wildman–Crippen LogP) is 2.61. The summed E-state index contributed by atoms with van der Waals surface area (Å²) in [5, 5.41) is 6.01. The third kappa shape index (κ3) is 6.17. The third-order valence-electron chi connectivity index (χ3n) is 4.01. The van der Waals surface area contributed by atoms with E-state index in [0.29, 0.717) is 42.8 Å². The molecule has 0 saturated heterocycles. The first kappa shape index (κ1) is 20.1. The van der Waals surface area contributed by atoms with Crippen LogP contribution in [0.2, 0.25) is 0 Å². The number of rotatable bonds is 9. The van der Waals surface area contributed by atoms with Gasteiger partial charge in [-0.3, -0.25) is 9.78 Å². The molecule has 150 valence electrons. The normalized spacial score (nSPS) is 10.3. The number of ether oxygens (including phenoxy) is 2. The quantitative estimate of drug-likeness (QED) is 0.539. The van der Waals surface area contributed by atoms with Crippen LogP contribution in [0.15, 0.2) is 54.9 Å². The molecule has 29 heavy (non-hydrogen) atoms. The molecule has 0 aliphatic heterocycles. The Balaban J connectivity index is 1.49. The molecule has 0 saturated carbocycles. The summed E-state index contributed by atoms with van der Waals surface area (Å²) in [7, 11) is 1.61. The van der Waals surface area contributed by atoms with Crippen LogP contribution in [0.1, 0.15) is 21.9 Å². The van der Waals surface area contributed by atoms with Crippen LogP contribution in [0.25, 0.3) is 0 Å². The fraction of sp³-hybridized carbons (Fsp3) is 0.238. The molecular weight excluding hydrogens is 370 g/mol. The number of carbonyl (C=O) groups is 1. The highest BCUT2D eigenvalue weighted by atomic mass is 16.5. The number of aromatic nitrogens is 3. The first-order valence-corrected chi connectivity index (χ1v) is 9.17. The van der Waals surface area contributed by atoms with Crippen molar-refractivity contribution in [3.8, 4) is 11.5 Å². The molecule has 2 aromatic heterocycles. The van der Waals surface area contributed by atoms with Gasteiger partial charge in [-0.25, -0.2) is 9.97 Å². The fourth-order valence-corrected chi connectivity index (χ4v) is 2.56. The van der Waals surface area contributed by atoms with Crippen molar-refractivity contribution in [1.29, 1.82) is 0 Å². The standard InChI is InChI=1S/C21H23N5O3/c1-15-25-19(13-20(26-15)24-14-16-7-9-22-10-8-16)21(27)23-11-12-29-18-5-3-17(28-2)4-6-18/h3-10,13H,11-12,14H2,1-2H3,(H,23,27)(H,24,25,26). The van der Waals surface area contributed by atoms with Crippen LogP contribution in [0.5, 0.6) is 11.5 Å². The molecule has 1 aromatic carbocycles. The highest BCUT2D eigenvalue weighted by Crippen LogP contribution is 2.16. The van der Waals surface area contributed by atoms with Gasteiger partial charge in [0.1, 0.15) is 35.4 Å². The molecule has 0 aliphatic carbocycles. The largest absolute Gasteiger partial charge is 0.497 e. The summed E-state index contributed by atoms with van der Waals surface area (Å²) in [4.78, 5) is 24.9. The van der Waals surface area contributed by atoms with Crippen LogP contribution >= 0.6 is 0 Å². The Kier molecular flexibility index (Phi) is 6.94. The van der Waals surface area contributed by atoms with Crippen molar-refractivity contribution in [2.75, 3.05) is 25.6 Å². The van der Waals surface area contributed by atoms with Crippen LogP contribution in [-0.2, 0) is 6.54 Å². The smallest absolute Gasteiger partial charge is 0.270 e. The van der Waals surface area contributed by atoms with Gasteiger partial charge in [-0.1, -0.05) is 0 Å². The molecule has 3 aromatic rings. The molecule has 0 fully saturated rings. The number of carbonyl (C=O) groups excluding carboxylic acids is 1. The first-order valence-electron chi connectivity index (χ1n) is 9.17. The minimum absolute atomic E-state index is 0.277. The van der Waals surface area contributed by atoms with E-state index in [1.54, 1.807) is 32.5 Å². The highest BCUT2D eigenvalue weighted by molar-refractivity contribution is 5.92. The summed E-state index contributed by atoms with van der Waals surface area (Å²) in [6, 6.07) is 12.7. The molecule has 3 rings (SSSR count). The SMILES string of the molecule is COc1ccc(OCCNC(=O)c2cc(NCc3ccncc3)nc(C)n2)cc1. The molecule has 0 atom stereocenters. The van der Waals surface area contributed by atoms with E-state index in [2.05, 4.69) is 25.6 Å². The molecule has 2 N–H and O–H groups in total. The van der Waals surface area contributed by atoms with E-state index < -0.39 is 0 Å². The van der Waals surface area contributed by atoms with E-state index in [-0.39, 0.29) is 5.91 Å². The van der Waals surface area contributed by atoms with E-state index in [0.717, 1.165) is 11.3 Å². The van der Waals surface area contributed by atoms with Gasteiger partial charge in [0.05, 0.1) is 13.7 Å². The van der Waals surface area contributed by atoms with Crippen molar-refractivity contribution in [3.05, 3.63) is 71.9 Å². The third-order valence-corrected chi connectivity index (χ3v) is 4.01. The molecule has 0 spiro atoms. The van der Waals surface area contributed by atoms with E-state index in [1.165, 1.54) is 0 Å². The maximum Gasteiger partial charge on any atom is 0.270 e. The average Bonchev–Trinajstić information content (AvgIpc) is 2.76. The first-order chi connectivity index (χ1) is 14.1. The number of hydrogen-bond donors (Lipinski definition) is 2. The van der Waals surface area contributed by atoms with Gasteiger partial charge >= 0.3 is 0 Å². The topological polar surface area (TPSA) is 98.3 Å². The Morgan fingerprint density at radius 2 is 1.76 bits per heavy atom. The maximum absolute atomic E-state index is 12.4. The van der Waals surface area contributed by atoms with Crippen LogP contribution in [0, 0.1) is 6.92 Å².